The number of hydrogen-bond acceptors (Lipinski definition) is 4. The van der Waals surface area contributed by atoms with Gasteiger partial charge in [0.2, 0.25) is 0 Å². The van der Waals surface area contributed by atoms with Gasteiger partial charge in [-0.2, -0.15) is 56.7 Å². The number of hydrogen-bond donors (Lipinski definition) is 1. The summed E-state index contributed by atoms with van der Waals surface area (Å²) in [5.41, 5.74) is 0. The summed E-state index contributed by atoms with van der Waals surface area (Å²) in [5, 5.41) is -7.07. The summed E-state index contributed by atoms with van der Waals surface area (Å²) in [6.07, 6.45) is -22.2. The molecule has 5 nitrogen and oxygen atoms in total. The summed E-state index contributed by atoms with van der Waals surface area (Å²) in [6, 6.07) is -3.56. The third-order valence-electron chi connectivity index (χ3n) is 1.95. The third kappa shape index (κ3) is 4.60. The summed E-state index contributed by atoms with van der Waals surface area (Å²) in [4.78, 5) is 0. The molecule has 0 saturated heterocycles. The molecule has 0 aromatic carbocycles. The molecule has 0 saturated carbocycles. The maximum absolute atomic E-state index is 12.8. The quantitative estimate of drug-likeness (QED) is 0.365. The van der Waals surface area contributed by atoms with Crippen molar-refractivity contribution in [2.24, 2.45) is 0 Å². The van der Waals surface area contributed by atoms with Crippen molar-refractivity contribution in [1.82, 2.24) is 0 Å². The smallest absolute Gasteiger partial charge is 0.398 e. The van der Waals surface area contributed by atoms with Gasteiger partial charge in [-0.1, -0.05) is 0 Å². The minimum Gasteiger partial charge on any atom is -0.398 e. The first-order valence-electron chi connectivity index (χ1n) is 4.90. The van der Waals surface area contributed by atoms with Crippen LogP contribution in [0.15, 0.2) is 12.1 Å². The lowest BCUT2D eigenvalue weighted by molar-refractivity contribution is -0.441. The van der Waals surface area contributed by atoms with E-state index in [0.29, 0.717) is 0 Å². The van der Waals surface area contributed by atoms with E-state index in [0.717, 1.165) is 0 Å². The number of halogens is 12. The molecular formula is C7H2F12O5S. The van der Waals surface area contributed by atoms with E-state index < -0.39 is 52.0 Å². The summed E-state index contributed by atoms with van der Waals surface area (Å²) in [6.45, 7) is 0. The van der Waals surface area contributed by atoms with Gasteiger partial charge in [-0.05, 0) is 0 Å². The minimum absolute atomic E-state index is 1.91. The lowest BCUT2D eigenvalue weighted by atomic mass is 10.3. The zero-order valence-corrected chi connectivity index (χ0v) is 11.4. The molecule has 0 aromatic heterocycles. The molecule has 25 heavy (non-hydrogen) atoms. The van der Waals surface area contributed by atoms with Gasteiger partial charge in [0.15, 0.2) is 0 Å². The molecule has 0 heterocycles. The Bertz CT molecular complexity index is 624. The Labute approximate surface area is 128 Å². The predicted molar refractivity (Wildman–Crippen MR) is 48.8 cm³/mol. The maximum Gasteiger partial charge on any atom is 0.458 e. The van der Waals surface area contributed by atoms with Crippen molar-refractivity contribution in [2.75, 3.05) is 0 Å². The number of alkyl halides is 9. The summed E-state index contributed by atoms with van der Waals surface area (Å²) < 4.78 is 181. The highest BCUT2D eigenvalue weighted by Gasteiger charge is 2.80. The molecule has 0 aliphatic rings. The average molecular weight is 426 g/mol. The normalized spacial score (nSPS) is 15.7. The molecule has 1 unspecified atom stereocenters. The Kier molecular flexibility index (Phi) is 6.32. The van der Waals surface area contributed by atoms with Gasteiger partial charge < -0.3 is 4.74 Å². The van der Waals surface area contributed by atoms with Crippen molar-refractivity contribution in [3.63, 3.8) is 0 Å². The Morgan fingerprint density at radius 3 is 1.64 bits per heavy atom. The largest absolute Gasteiger partial charge is 0.458 e. The van der Waals surface area contributed by atoms with E-state index in [4.69, 9.17) is 4.55 Å². The van der Waals surface area contributed by atoms with Crippen LogP contribution in [-0.2, 0) is 19.6 Å². The fraction of sp³-hybridized carbons (Fsp3) is 0.714. The zero-order chi connectivity index (χ0) is 20.6. The first kappa shape index (κ1) is 23.6. The topological polar surface area (TPSA) is 72.8 Å². The predicted octanol–water partition coefficient (Wildman–Crippen LogP) is 3.65. The fourth-order valence-corrected chi connectivity index (χ4v) is 1.25. The van der Waals surface area contributed by atoms with Gasteiger partial charge in [-0.3, -0.25) is 9.29 Å². The Morgan fingerprint density at radius 2 is 1.32 bits per heavy atom. The molecule has 150 valence electrons. The molecule has 0 aliphatic heterocycles. The van der Waals surface area contributed by atoms with Crippen molar-refractivity contribution in [1.29, 1.82) is 0 Å². The molecule has 1 atom stereocenters. The molecule has 0 amide bonds. The van der Waals surface area contributed by atoms with Crippen LogP contribution in [0, 0.1) is 0 Å². The van der Waals surface area contributed by atoms with Crippen molar-refractivity contribution >= 4 is 10.1 Å². The lowest BCUT2D eigenvalue weighted by Gasteiger charge is -2.32. The van der Waals surface area contributed by atoms with E-state index in [9.17, 15) is 61.1 Å². The van der Waals surface area contributed by atoms with Gasteiger partial charge in [0.05, 0.1) is 0 Å². The van der Waals surface area contributed by atoms with Crippen LogP contribution in [0.1, 0.15) is 0 Å². The molecule has 0 radical (unpaired) electrons. The van der Waals surface area contributed by atoms with Crippen LogP contribution in [0.25, 0.3) is 0 Å². The highest BCUT2D eigenvalue weighted by Crippen LogP contribution is 2.50. The van der Waals surface area contributed by atoms with Crippen LogP contribution < -0.4 is 0 Å². The average Bonchev–Trinajstić information content (AvgIpc) is 2.35. The van der Waals surface area contributed by atoms with E-state index >= 15 is 0 Å². The van der Waals surface area contributed by atoms with E-state index in [1.165, 1.54) is 0 Å². The van der Waals surface area contributed by atoms with E-state index in [-0.39, 0.29) is 0 Å². The van der Waals surface area contributed by atoms with Crippen LogP contribution in [0.3, 0.4) is 0 Å². The van der Waals surface area contributed by atoms with Crippen molar-refractivity contribution in [3.05, 3.63) is 12.1 Å². The van der Waals surface area contributed by atoms with Gasteiger partial charge >= 0.3 is 52.0 Å². The van der Waals surface area contributed by atoms with Crippen molar-refractivity contribution in [3.8, 4) is 0 Å². The highest BCUT2D eigenvalue weighted by atomic mass is 32.2. The molecule has 1 N–H and O–H groups in total. The van der Waals surface area contributed by atoms with E-state index in [1.807, 2.05) is 4.74 Å². The fourth-order valence-electron chi connectivity index (χ4n) is 0.808. The van der Waals surface area contributed by atoms with Crippen LogP contribution in [-0.4, -0.2) is 42.7 Å². The third-order valence-corrected chi connectivity index (χ3v) is 2.85. The second-order valence-corrected chi connectivity index (χ2v) is 5.18. The van der Waals surface area contributed by atoms with Crippen molar-refractivity contribution in [2.45, 2.75) is 29.8 Å². The van der Waals surface area contributed by atoms with Gasteiger partial charge in [0.1, 0.15) is 0 Å². The van der Waals surface area contributed by atoms with Gasteiger partial charge in [-0.15, -0.1) is 0 Å². The molecule has 0 bridgehead atoms. The monoisotopic (exact) mass is 426 g/mol. The van der Waals surface area contributed by atoms with Gasteiger partial charge in [0, 0.05) is 0 Å². The minimum atomic E-state index is -7.35. The van der Waals surface area contributed by atoms with E-state index in [2.05, 4.69) is 4.74 Å². The Hall–Kier alpha value is -1.43. The standard InChI is InChI=1S/C7H2F12O5S/c8-1(9)2(10)23-4(12,13)3(11)24-6(16,17)5(14,15)7(18,19)25(20,21)22/h3H,(H,20,21,22). The van der Waals surface area contributed by atoms with Gasteiger partial charge in [0.25, 0.3) is 0 Å². The lowest BCUT2D eigenvalue weighted by Crippen LogP contribution is -2.60. The second-order valence-electron chi connectivity index (χ2n) is 3.71. The molecule has 0 aromatic rings. The SMILES string of the molecule is O=S(=O)(O)C(F)(F)C(F)(F)C(F)(F)OC(F)C(F)(F)OC(F)=C(F)F. The van der Waals surface area contributed by atoms with Crippen LogP contribution >= 0.6 is 0 Å². The van der Waals surface area contributed by atoms with Gasteiger partial charge in [-0.25, -0.2) is 4.39 Å². The first-order chi connectivity index (χ1) is 10.7. The van der Waals surface area contributed by atoms with Crippen molar-refractivity contribution < 1.29 is 75.1 Å². The molecule has 0 spiro atoms. The second kappa shape index (κ2) is 6.71. The van der Waals surface area contributed by atoms with E-state index in [1.54, 1.807) is 0 Å². The molecule has 0 fully saturated rings. The Morgan fingerprint density at radius 1 is 0.920 bits per heavy atom. The summed E-state index contributed by atoms with van der Waals surface area (Å²) in [5.74, 6) is -7.35. The zero-order valence-electron chi connectivity index (χ0n) is 10.6. The summed E-state index contributed by atoms with van der Waals surface area (Å²) in [7, 11) is -7.30. The Balaban J connectivity index is 5.67. The van der Waals surface area contributed by atoms with Crippen LogP contribution in [0.4, 0.5) is 52.7 Å². The molecular weight excluding hydrogens is 424 g/mol. The maximum atomic E-state index is 12.8. The van der Waals surface area contributed by atoms with Crippen LogP contribution in [0.5, 0.6) is 0 Å². The number of ether oxygens (including phenoxy) is 2. The highest BCUT2D eigenvalue weighted by molar-refractivity contribution is 7.87. The molecule has 0 aliphatic carbocycles. The summed E-state index contributed by atoms with van der Waals surface area (Å²) >= 11 is 0. The first-order valence-corrected chi connectivity index (χ1v) is 6.34. The van der Waals surface area contributed by atoms with Crippen LogP contribution in [0.2, 0.25) is 0 Å². The number of rotatable bonds is 8. The molecule has 18 heteroatoms. The molecule has 0 rings (SSSR count).